The van der Waals surface area contributed by atoms with Gasteiger partial charge in [-0.15, -0.1) is 0 Å². The van der Waals surface area contributed by atoms with E-state index in [2.05, 4.69) is 106 Å². The maximum Gasteiger partial charge on any atom is 0.306 e. The Morgan fingerprint density at radius 1 is 0.276 bits per heavy atom. The lowest BCUT2D eigenvalue weighted by Crippen LogP contribution is -2.30. The SMILES string of the molecule is CC/C=C\C/C=C\C/C=C\C/C=C\CCCCCCCCCCC(=O)OC(COC(=O)CCCCCCC/C=C\CCCCCCC)COC(=O)CCCCCCCCCCCCC/C=C\C/C=C\CCCCCCC. The van der Waals surface area contributed by atoms with Crippen LogP contribution in [0.3, 0.4) is 0 Å². The second-order valence-corrected chi connectivity index (χ2v) is 21.6. The minimum atomic E-state index is -0.787. The quantitative estimate of drug-likeness (QED) is 0.0261. The summed E-state index contributed by atoms with van der Waals surface area (Å²) < 4.78 is 16.9. The molecule has 6 heteroatoms. The molecule has 0 fully saturated rings. The first kappa shape index (κ1) is 72.6. The molecule has 0 rings (SSSR count). The number of rotatable bonds is 59. The van der Waals surface area contributed by atoms with Gasteiger partial charge in [0.1, 0.15) is 13.2 Å². The molecule has 0 heterocycles. The van der Waals surface area contributed by atoms with E-state index in [9.17, 15) is 14.4 Å². The van der Waals surface area contributed by atoms with Crippen molar-refractivity contribution in [1.29, 1.82) is 0 Å². The average Bonchev–Trinajstić information content (AvgIpc) is 3.42. The lowest BCUT2D eigenvalue weighted by atomic mass is 10.0. The van der Waals surface area contributed by atoms with Crippen molar-refractivity contribution in [2.75, 3.05) is 13.2 Å². The summed E-state index contributed by atoms with van der Waals surface area (Å²) in [6.07, 6.45) is 84.4. The number of esters is 3. The Kier molecular flexibility index (Phi) is 61.2. The van der Waals surface area contributed by atoms with Crippen molar-refractivity contribution in [3.8, 4) is 0 Å². The number of allylic oxidation sites excluding steroid dienone is 14. The third kappa shape index (κ3) is 61.4. The number of hydrogen-bond acceptors (Lipinski definition) is 6. The molecule has 1 unspecified atom stereocenters. The molecule has 0 aromatic carbocycles. The zero-order valence-electron chi connectivity index (χ0n) is 50.3. The maximum atomic E-state index is 12.9. The number of carbonyl (C=O) groups is 3. The van der Waals surface area contributed by atoms with E-state index in [-0.39, 0.29) is 31.1 Å². The van der Waals surface area contributed by atoms with Gasteiger partial charge in [0.05, 0.1) is 0 Å². The van der Waals surface area contributed by atoms with Gasteiger partial charge >= 0.3 is 17.9 Å². The van der Waals surface area contributed by atoms with Gasteiger partial charge in [0.2, 0.25) is 0 Å². The first-order valence-electron chi connectivity index (χ1n) is 32.6. The molecule has 438 valence electrons. The van der Waals surface area contributed by atoms with Crippen LogP contribution in [0.5, 0.6) is 0 Å². The summed E-state index contributed by atoms with van der Waals surface area (Å²) in [6.45, 7) is 6.53. The van der Waals surface area contributed by atoms with Crippen molar-refractivity contribution in [3.63, 3.8) is 0 Å². The highest BCUT2D eigenvalue weighted by Crippen LogP contribution is 2.16. The van der Waals surface area contributed by atoms with E-state index in [0.29, 0.717) is 19.3 Å². The van der Waals surface area contributed by atoms with E-state index in [0.717, 1.165) is 103 Å². The fourth-order valence-corrected chi connectivity index (χ4v) is 9.23. The van der Waals surface area contributed by atoms with Gasteiger partial charge in [0.15, 0.2) is 6.10 Å². The van der Waals surface area contributed by atoms with Gasteiger partial charge in [-0.1, -0.05) is 273 Å². The monoisotopic (exact) mass is 1060 g/mol. The van der Waals surface area contributed by atoms with Crippen LogP contribution in [0.4, 0.5) is 0 Å². The molecule has 0 spiro atoms. The topological polar surface area (TPSA) is 78.9 Å². The van der Waals surface area contributed by atoms with Gasteiger partial charge in [0.25, 0.3) is 0 Å². The first-order chi connectivity index (χ1) is 37.5. The lowest BCUT2D eigenvalue weighted by Gasteiger charge is -2.18. The highest BCUT2D eigenvalue weighted by molar-refractivity contribution is 5.71. The normalized spacial score (nSPS) is 12.6. The van der Waals surface area contributed by atoms with E-state index in [4.69, 9.17) is 14.2 Å². The largest absolute Gasteiger partial charge is 0.462 e. The van der Waals surface area contributed by atoms with Gasteiger partial charge in [-0.2, -0.15) is 0 Å². The van der Waals surface area contributed by atoms with Gasteiger partial charge in [-0.25, -0.2) is 0 Å². The number of unbranched alkanes of at least 4 members (excludes halogenated alkanes) is 34. The van der Waals surface area contributed by atoms with Crippen LogP contribution in [0.25, 0.3) is 0 Å². The summed E-state index contributed by atoms with van der Waals surface area (Å²) in [5.74, 6) is -0.888. The van der Waals surface area contributed by atoms with Crippen LogP contribution in [0.1, 0.15) is 323 Å². The standard InChI is InChI=1S/C70H122O6/c1-4-7-10-13-16-19-22-25-28-30-32-34-35-37-38-40-42-45-48-51-54-57-60-63-69(72)75-66-67(65-74-68(71)62-59-56-53-50-47-44-27-24-21-18-15-12-9-6-3)76-70(73)64-61-58-55-52-49-46-43-41-39-36-33-31-29-26-23-20-17-14-11-8-5-2/h8,11,17,20,22,24-27,29-30,32-33,36,67H,4-7,9-10,12-16,18-19,21,23,28,31,34-35,37-66H2,1-3H3/b11-8-,20-17-,25-22-,27-24-,29-26-,32-30-,36-33-. The summed E-state index contributed by atoms with van der Waals surface area (Å²) in [4.78, 5) is 38.3. The Hall–Kier alpha value is -3.41. The molecule has 0 aromatic rings. The van der Waals surface area contributed by atoms with Crippen LogP contribution in [0.15, 0.2) is 85.1 Å². The van der Waals surface area contributed by atoms with Gasteiger partial charge in [-0.3, -0.25) is 14.4 Å². The Labute approximate surface area is 471 Å². The van der Waals surface area contributed by atoms with E-state index in [1.165, 1.54) is 180 Å². The van der Waals surface area contributed by atoms with Crippen molar-refractivity contribution in [2.24, 2.45) is 0 Å². The van der Waals surface area contributed by atoms with Crippen LogP contribution in [0, 0.1) is 0 Å². The molecule has 0 bridgehead atoms. The minimum absolute atomic E-state index is 0.0822. The fourth-order valence-electron chi connectivity index (χ4n) is 9.23. The fraction of sp³-hybridized carbons (Fsp3) is 0.757. The molecule has 0 amide bonds. The summed E-state index contributed by atoms with van der Waals surface area (Å²) in [7, 11) is 0. The van der Waals surface area contributed by atoms with Crippen molar-refractivity contribution >= 4 is 17.9 Å². The molecule has 0 aromatic heterocycles. The number of carbonyl (C=O) groups excluding carboxylic acids is 3. The van der Waals surface area contributed by atoms with Crippen LogP contribution in [0.2, 0.25) is 0 Å². The Morgan fingerprint density at radius 2 is 0.513 bits per heavy atom. The summed E-state index contributed by atoms with van der Waals surface area (Å²) in [6, 6.07) is 0. The summed E-state index contributed by atoms with van der Waals surface area (Å²) in [5.41, 5.74) is 0. The molecule has 76 heavy (non-hydrogen) atoms. The summed E-state index contributed by atoms with van der Waals surface area (Å²) >= 11 is 0. The lowest BCUT2D eigenvalue weighted by molar-refractivity contribution is -0.167. The third-order valence-corrected chi connectivity index (χ3v) is 14.1. The molecule has 0 aliphatic carbocycles. The highest BCUT2D eigenvalue weighted by atomic mass is 16.6. The predicted octanol–water partition coefficient (Wildman–Crippen LogP) is 22.3. The van der Waals surface area contributed by atoms with E-state index in [1.807, 2.05) is 0 Å². The Balaban J connectivity index is 4.35. The van der Waals surface area contributed by atoms with Gasteiger partial charge in [0, 0.05) is 19.3 Å². The first-order valence-corrected chi connectivity index (χ1v) is 32.6. The van der Waals surface area contributed by atoms with Crippen LogP contribution in [-0.2, 0) is 28.6 Å². The smallest absolute Gasteiger partial charge is 0.306 e. The molecular formula is C70H122O6. The van der Waals surface area contributed by atoms with E-state index >= 15 is 0 Å². The molecule has 0 N–H and O–H groups in total. The molecule has 0 radical (unpaired) electrons. The number of hydrogen-bond donors (Lipinski definition) is 0. The van der Waals surface area contributed by atoms with Crippen LogP contribution < -0.4 is 0 Å². The van der Waals surface area contributed by atoms with Crippen molar-refractivity contribution < 1.29 is 28.6 Å². The molecule has 0 saturated carbocycles. The van der Waals surface area contributed by atoms with Crippen LogP contribution >= 0.6 is 0 Å². The maximum absolute atomic E-state index is 12.9. The highest BCUT2D eigenvalue weighted by Gasteiger charge is 2.19. The van der Waals surface area contributed by atoms with Gasteiger partial charge < -0.3 is 14.2 Å². The zero-order chi connectivity index (χ0) is 55.0. The Bertz CT molecular complexity index is 1450. The van der Waals surface area contributed by atoms with Crippen LogP contribution in [-0.4, -0.2) is 37.2 Å². The molecule has 1 atom stereocenters. The number of ether oxygens (including phenoxy) is 3. The second kappa shape index (κ2) is 64.1. The summed E-state index contributed by atoms with van der Waals surface area (Å²) in [5, 5.41) is 0. The zero-order valence-corrected chi connectivity index (χ0v) is 50.3. The predicted molar refractivity (Wildman–Crippen MR) is 330 cm³/mol. The molecule has 0 aliphatic rings. The molecule has 6 nitrogen and oxygen atoms in total. The third-order valence-electron chi connectivity index (χ3n) is 14.1. The van der Waals surface area contributed by atoms with Gasteiger partial charge in [-0.05, 0) is 116 Å². The molecule has 0 aliphatic heterocycles. The van der Waals surface area contributed by atoms with E-state index < -0.39 is 6.10 Å². The Morgan fingerprint density at radius 3 is 0.816 bits per heavy atom. The second-order valence-electron chi connectivity index (χ2n) is 21.6. The van der Waals surface area contributed by atoms with Crippen molar-refractivity contribution in [2.45, 2.75) is 329 Å². The molecular weight excluding hydrogens is 937 g/mol. The van der Waals surface area contributed by atoms with E-state index in [1.54, 1.807) is 0 Å². The molecule has 0 saturated heterocycles. The minimum Gasteiger partial charge on any atom is -0.462 e. The van der Waals surface area contributed by atoms with Crippen molar-refractivity contribution in [3.05, 3.63) is 85.1 Å². The average molecular weight is 1060 g/mol. The van der Waals surface area contributed by atoms with Crippen molar-refractivity contribution in [1.82, 2.24) is 0 Å².